The summed E-state index contributed by atoms with van der Waals surface area (Å²) in [5.74, 6) is 2.56. The molecule has 0 aromatic carbocycles. The summed E-state index contributed by atoms with van der Waals surface area (Å²) in [6.07, 6.45) is 4.12. The first-order valence-electron chi connectivity index (χ1n) is 5.69. The average Bonchev–Trinajstić information content (AvgIpc) is 2.00. The molecule has 0 aromatic heterocycles. The van der Waals surface area contributed by atoms with Crippen molar-refractivity contribution >= 4 is 9.24 Å². The Kier molecular flexibility index (Phi) is 7.05. The zero-order valence-electron chi connectivity index (χ0n) is 10.0. The fourth-order valence-corrected chi connectivity index (χ4v) is 2.04. The van der Waals surface area contributed by atoms with Crippen LogP contribution in [0.5, 0.6) is 0 Å². The van der Waals surface area contributed by atoms with Crippen LogP contribution in [0, 0.1) is 17.8 Å². The van der Waals surface area contributed by atoms with Crippen LogP contribution in [0.2, 0.25) is 0 Å². The lowest BCUT2D eigenvalue weighted by Crippen LogP contribution is -2.11. The standard InChI is InChI=1S/C12H27P/c1-9(2)6-7-12(13)8-11(5)10(3)4/h9-12H,6-8,13H2,1-5H3. The summed E-state index contributed by atoms with van der Waals surface area (Å²) in [4.78, 5) is 0. The van der Waals surface area contributed by atoms with E-state index in [-0.39, 0.29) is 0 Å². The van der Waals surface area contributed by atoms with Gasteiger partial charge in [0.05, 0.1) is 0 Å². The van der Waals surface area contributed by atoms with Gasteiger partial charge in [-0.3, -0.25) is 0 Å². The lowest BCUT2D eigenvalue weighted by atomic mass is 9.91. The molecule has 0 rings (SSSR count). The van der Waals surface area contributed by atoms with Gasteiger partial charge in [-0.2, -0.15) is 0 Å². The first-order valence-corrected chi connectivity index (χ1v) is 6.35. The molecule has 0 amide bonds. The first kappa shape index (κ1) is 13.4. The summed E-state index contributed by atoms with van der Waals surface area (Å²) < 4.78 is 0. The highest BCUT2D eigenvalue weighted by molar-refractivity contribution is 7.17. The van der Waals surface area contributed by atoms with Crippen molar-refractivity contribution in [3.63, 3.8) is 0 Å². The lowest BCUT2D eigenvalue weighted by Gasteiger charge is -2.20. The van der Waals surface area contributed by atoms with Crippen molar-refractivity contribution in [3.8, 4) is 0 Å². The molecule has 0 N–H and O–H groups in total. The Hall–Kier alpha value is 0.430. The molecule has 80 valence electrons. The zero-order valence-corrected chi connectivity index (χ0v) is 11.2. The molecule has 3 atom stereocenters. The third-order valence-electron chi connectivity index (χ3n) is 2.93. The molecule has 0 radical (unpaired) electrons. The second kappa shape index (κ2) is 6.82. The molecule has 0 heterocycles. The molecule has 3 unspecified atom stereocenters. The molecule has 0 aliphatic heterocycles. The molecule has 0 fully saturated rings. The zero-order chi connectivity index (χ0) is 10.4. The van der Waals surface area contributed by atoms with Gasteiger partial charge in [0.1, 0.15) is 0 Å². The van der Waals surface area contributed by atoms with Gasteiger partial charge in [-0.25, -0.2) is 0 Å². The van der Waals surface area contributed by atoms with E-state index in [9.17, 15) is 0 Å². The fourth-order valence-electron chi connectivity index (χ4n) is 1.41. The summed E-state index contributed by atoms with van der Waals surface area (Å²) in [5.41, 5.74) is 0.833. The predicted octanol–water partition coefficient (Wildman–Crippen LogP) is 4.35. The second-order valence-electron chi connectivity index (χ2n) is 5.19. The van der Waals surface area contributed by atoms with Crippen LogP contribution in [0.1, 0.15) is 53.9 Å². The Balaban J connectivity index is 3.55. The van der Waals surface area contributed by atoms with E-state index in [1.807, 2.05) is 0 Å². The molecule has 0 aromatic rings. The summed E-state index contributed by atoms with van der Waals surface area (Å²) in [7, 11) is 3.01. The van der Waals surface area contributed by atoms with E-state index in [1.54, 1.807) is 0 Å². The summed E-state index contributed by atoms with van der Waals surface area (Å²) in [5, 5.41) is 0. The highest BCUT2D eigenvalue weighted by atomic mass is 31.0. The van der Waals surface area contributed by atoms with Gasteiger partial charge in [0, 0.05) is 0 Å². The maximum atomic E-state index is 3.01. The molecule has 0 nitrogen and oxygen atoms in total. The first-order chi connectivity index (χ1) is 5.93. The quantitative estimate of drug-likeness (QED) is 0.562. The molecule has 0 saturated carbocycles. The third-order valence-corrected chi connectivity index (χ3v) is 3.53. The Morgan fingerprint density at radius 1 is 0.923 bits per heavy atom. The van der Waals surface area contributed by atoms with Crippen molar-refractivity contribution in [1.82, 2.24) is 0 Å². The number of rotatable bonds is 6. The Morgan fingerprint density at radius 2 is 1.46 bits per heavy atom. The van der Waals surface area contributed by atoms with Gasteiger partial charge in [-0.1, -0.05) is 41.0 Å². The summed E-state index contributed by atoms with van der Waals surface area (Å²) >= 11 is 0. The SMILES string of the molecule is CC(C)CCC(P)CC(C)C(C)C. The molecule has 0 spiro atoms. The lowest BCUT2D eigenvalue weighted by molar-refractivity contribution is 0.375. The van der Waals surface area contributed by atoms with Gasteiger partial charge in [0.25, 0.3) is 0 Å². The Labute approximate surface area is 87.1 Å². The molecule has 0 bridgehead atoms. The Morgan fingerprint density at radius 3 is 1.85 bits per heavy atom. The van der Waals surface area contributed by atoms with Crippen LogP contribution in [-0.2, 0) is 0 Å². The van der Waals surface area contributed by atoms with Crippen LogP contribution in [0.15, 0.2) is 0 Å². The van der Waals surface area contributed by atoms with Crippen molar-refractivity contribution in [2.45, 2.75) is 59.5 Å². The average molecular weight is 202 g/mol. The van der Waals surface area contributed by atoms with E-state index in [0.29, 0.717) is 0 Å². The van der Waals surface area contributed by atoms with Gasteiger partial charge < -0.3 is 0 Å². The topological polar surface area (TPSA) is 0 Å². The Bertz CT molecular complexity index is 118. The van der Waals surface area contributed by atoms with Crippen molar-refractivity contribution in [3.05, 3.63) is 0 Å². The molecule has 13 heavy (non-hydrogen) atoms. The van der Waals surface area contributed by atoms with Crippen LogP contribution in [-0.4, -0.2) is 5.66 Å². The smallest absolute Gasteiger partial charge is 0.0262 e. The largest absolute Gasteiger partial charge is 0.134 e. The highest BCUT2D eigenvalue weighted by Gasteiger charge is 2.12. The third kappa shape index (κ3) is 7.50. The number of hydrogen-bond acceptors (Lipinski definition) is 0. The molecule has 1 heteroatoms. The van der Waals surface area contributed by atoms with E-state index in [2.05, 4.69) is 43.9 Å². The molecular weight excluding hydrogens is 175 g/mol. The van der Waals surface area contributed by atoms with Crippen LogP contribution in [0.4, 0.5) is 0 Å². The van der Waals surface area contributed by atoms with Gasteiger partial charge >= 0.3 is 0 Å². The second-order valence-corrected chi connectivity index (χ2v) is 6.13. The van der Waals surface area contributed by atoms with E-state index in [4.69, 9.17) is 0 Å². The van der Waals surface area contributed by atoms with Gasteiger partial charge in [0.2, 0.25) is 0 Å². The minimum atomic E-state index is 0.833. The molecule has 0 aliphatic rings. The maximum Gasteiger partial charge on any atom is -0.0262 e. The van der Waals surface area contributed by atoms with Gasteiger partial charge in [-0.05, 0) is 36.3 Å². The van der Waals surface area contributed by atoms with Crippen molar-refractivity contribution in [1.29, 1.82) is 0 Å². The number of hydrogen-bond donors (Lipinski definition) is 0. The van der Waals surface area contributed by atoms with Crippen LogP contribution in [0.3, 0.4) is 0 Å². The normalized spacial score (nSPS) is 16.6. The van der Waals surface area contributed by atoms with Gasteiger partial charge in [0.15, 0.2) is 0 Å². The van der Waals surface area contributed by atoms with Gasteiger partial charge in [-0.15, -0.1) is 9.24 Å². The van der Waals surface area contributed by atoms with Crippen LogP contribution >= 0.6 is 9.24 Å². The van der Waals surface area contributed by atoms with Crippen LogP contribution in [0.25, 0.3) is 0 Å². The van der Waals surface area contributed by atoms with Crippen molar-refractivity contribution < 1.29 is 0 Å². The summed E-state index contributed by atoms with van der Waals surface area (Å²) in [6, 6.07) is 0. The molecule has 0 saturated heterocycles. The highest BCUT2D eigenvalue weighted by Crippen LogP contribution is 2.24. The maximum absolute atomic E-state index is 3.01. The molecule has 0 aliphatic carbocycles. The van der Waals surface area contributed by atoms with Crippen molar-refractivity contribution in [2.24, 2.45) is 17.8 Å². The van der Waals surface area contributed by atoms with Crippen LogP contribution < -0.4 is 0 Å². The minimum absolute atomic E-state index is 0.833. The minimum Gasteiger partial charge on any atom is -0.134 e. The summed E-state index contributed by atoms with van der Waals surface area (Å²) in [6.45, 7) is 11.6. The monoisotopic (exact) mass is 202 g/mol. The van der Waals surface area contributed by atoms with E-state index in [0.717, 1.165) is 23.4 Å². The van der Waals surface area contributed by atoms with Crippen molar-refractivity contribution in [2.75, 3.05) is 0 Å². The van der Waals surface area contributed by atoms with E-state index < -0.39 is 0 Å². The molecular formula is C12H27P. The van der Waals surface area contributed by atoms with E-state index in [1.165, 1.54) is 19.3 Å². The predicted molar refractivity (Wildman–Crippen MR) is 66.2 cm³/mol. The van der Waals surface area contributed by atoms with E-state index >= 15 is 0 Å². The fraction of sp³-hybridized carbons (Fsp3) is 1.00.